The number of ether oxygens (including phenoxy) is 1. The fourth-order valence-electron chi connectivity index (χ4n) is 7.01. The van der Waals surface area contributed by atoms with Gasteiger partial charge in [-0.25, -0.2) is 0 Å². The van der Waals surface area contributed by atoms with Crippen LogP contribution < -0.4 is 5.73 Å². The average molecular weight is 400 g/mol. The maximum atomic E-state index is 13.0. The molecule has 4 heteroatoms. The van der Waals surface area contributed by atoms with Gasteiger partial charge in [0, 0.05) is 24.4 Å². The smallest absolute Gasteiger partial charge is 0.162 e. The van der Waals surface area contributed by atoms with E-state index in [0.717, 1.165) is 51.4 Å². The summed E-state index contributed by atoms with van der Waals surface area (Å²) >= 11 is 0. The first-order valence-electron chi connectivity index (χ1n) is 11.6. The number of fused-ring (bicyclic) bond motifs is 5. The number of carbonyl (C=O) groups is 2. The van der Waals surface area contributed by atoms with Crippen LogP contribution in [-0.4, -0.2) is 31.3 Å². The van der Waals surface area contributed by atoms with Gasteiger partial charge in [0.1, 0.15) is 6.61 Å². The van der Waals surface area contributed by atoms with E-state index in [4.69, 9.17) is 10.5 Å². The normalized spacial score (nSPS) is 38.6. The number of ketones is 2. The van der Waals surface area contributed by atoms with Crippen LogP contribution in [0.2, 0.25) is 0 Å². The van der Waals surface area contributed by atoms with Crippen molar-refractivity contribution in [3.05, 3.63) is 23.3 Å². The summed E-state index contributed by atoms with van der Waals surface area (Å²) in [5.74, 6) is 1.88. The quantitative estimate of drug-likeness (QED) is 0.509. The maximum Gasteiger partial charge on any atom is 0.162 e. The summed E-state index contributed by atoms with van der Waals surface area (Å²) in [4.78, 5) is 25.0. The van der Waals surface area contributed by atoms with Crippen LogP contribution >= 0.6 is 0 Å². The van der Waals surface area contributed by atoms with E-state index in [0.29, 0.717) is 43.0 Å². The largest absolute Gasteiger partial charge is 0.374 e. The molecule has 4 aliphatic carbocycles. The number of rotatable bonds is 7. The van der Waals surface area contributed by atoms with Gasteiger partial charge in [-0.15, -0.1) is 0 Å². The Labute approximate surface area is 175 Å². The Hall–Kier alpha value is -1.26. The summed E-state index contributed by atoms with van der Waals surface area (Å²) in [5.41, 5.74) is 8.60. The van der Waals surface area contributed by atoms with Gasteiger partial charge in [0.15, 0.2) is 11.6 Å². The molecule has 0 aliphatic heterocycles. The van der Waals surface area contributed by atoms with Crippen molar-refractivity contribution in [2.75, 3.05) is 19.8 Å². The highest BCUT2D eigenvalue weighted by Crippen LogP contribution is 2.64. The van der Waals surface area contributed by atoms with Crippen LogP contribution in [0, 0.1) is 28.6 Å². The summed E-state index contributed by atoms with van der Waals surface area (Å²) in [6.07, 6.45) is 13.2. The molecule has 0 saturated heterocycles. The SMILES string of the molecule is CC12CCC(=O)C=C1CCC1C2=CCC2(C)C(C(=O)COCCCCN)CCC12. The highest BCUT2D eigenvalue weighted by atomic mass is 16.5. The van der Waals surface area contributed by atoms with E-state index in [1.54, 1.807) is 5.57 Å². The van der Waals surface area contributed by atoms with Crippen LogP contribution in [0.25, 0.3) is 0 Å². The summed E-state index contributed by atoms with van der Waals surface area (Å²) in [6, 6.07) is 0. The van der Waals surface area contributed by atoms with E-state index in [1.165, 1.54) is 5.57 Å². The molecule has 0 spiro atoms. The van der Waals surface area contributed by atoms with Crippen molar-refractivity contribution in [3.8, 4) is 0 Å². The Bertz CT molecular complexity index is 738. The van der Waals surface area contributed by atoms with Crippen molar-refractivity contribution in [2.45, 2.75) is 71.6 Å². The first-order valence-corrected chi connectivity index (χ1v) is 11.6. The molecule has 29 heavy (non-hydrogen) atoms. The second-order valence-electron chi connectivity index (χ2n) is 10.2. The minimum Gasteiger partial charge on any atom is -0.374 e. The van der Waals surface area contributed by atoms with Crippen LogP contribution in [0.4, 0.5) is 0 Å². The van der Waals surface area contributed by atoms with Gasteiger partial charge in [0.05, 0.1) is 0 Å². The molecule has 4 rings (SSSR count). The fraction of sp³-hybridized carbons (Fsp3) is 0.760. The van der Waals surface area contributed by atoms with Gasteiger partial charge < -0.3 is 10.5 Å². The van der Waals surface area contributed by atoms with Crippen molar-refractivity contribution in [1.82, 2.24) is 0 Å². The molecule has 2 fully saturated rings. The zero-order chi connectivity index (χ0) is 20.6. The molecule has 4 aliphatic rings. The minimum atomic E-state index is 0.0634. The van der Waals surface area contributed by atoms with Gasteiger partial charge in [-0.1, -0.05) is 31.1 Å². The highest BCUT2D eigenvalue weighted by Gasteiger charge is 2.57. The third kappa shape index (κ3) is 3.57. The van der Waals surface area contributed by atoms with Gasteiger partial charge in [-0.3, -0.25) is 9.59 Å². The second kappa shape index (κ2) is 8.11. The topological polar surface area (TPSA) is 69.4 Å². The van der Waals surface area contributed by atoms with Crippen LogP contribution in [-0.2, 0) is 14.3 Å². The standard InChI is InChI=1S/C25H37NO3/c1-24-11-9-18(27)15-17(24)5-6-19-20-7-8-22(25(20,2)12-10-21(19)24)23(28)16-29-14-4-3-13-26/h10,15,19-20,22H,3-9,11-14,16,26H2,1-2H3. The van der Waals surface area contributed by atoms with Gasteiger partial charge in [-0.2, -0.15) is 0 Å². The maximum absolute atomic E-state index is 13.0. The Morgan fingerprint density at radius 3 is 2.83 bits per heavy atom. The number of unbranched alkanes of at least 4 members (excludes halogenated alkanes) is 1. The van der Waals surface area contributed by atoms with E-state index < -0.39 is 0 Å². The summed E-state index contributed by atoms with van der Waals surface area (Å²) < 4.78 is 5.68. The molecule has 0 heterocycles. The summed E-state index contributed by atoms with van der Waals surface area (Å²) in [5, 5.41) is 0. The van der Waals surface area contributed by atoms with Crippen LogP contribution in [0.1, 0.15) is 71.6 Å². The molecular weight excluding hydrogens is 362 g/mol. The molecule has 0 bridgehead atoms. The number of hydrogen-bond donors (Lipinski definition) is 1. The Kier molecular flexibility index (Phi) is 5.87. The number of hydrogen-bond acceptors (Lipinski definition) is 4. The lowest BCUT2D eigenvalue weighted by molar-refractivity contribution is -0.131. The molecule has 0 radical (unpaired) electrons. The molecule has 5 unspecified atom stereocenters. The van der Waals surface area contributed by atoms with Crippen molar-refractivity contribution in [2.24, 2.45) is 34.3 Å². The van der Waals surface area contributed by atoms with E-state index in [9.17, 15) is 9.59 Å². The van der Waals surface area contributed by atoms with Gasteiger partial charge in [-0.05, 0) is 81.2 Å². The summed E-state index contributed by atoms with van der Waals surface area (Å²) in [7, 11) is 0. The molecule has 4 nitrogen and oxygen atoms in total. The predicted molar refractivity (Wildman–Crippen MR) is 114 cm³/mol. The van der Waals surface area contributed by atoms with E-state index in [2.05, 4.69) is 19.9 Å². The molecule has 2 saturated carbocycles. The first kappa shape index (κ1) is 21.0. The van der Waals surface area contributed by atoms with Crippen LogP contribution in [0.5, 0.6) is 0 Å². The number of carbonyl (C=O) groups excluding carboxylic acids is 2. The van der Waals surface area contributed by atoms with Crippen molar-refractivity contribution in [3.63, 3.8) is 0 Å². The van der Waals surface area contributed by atoms with E-state index in [-0.39, 0.29) is 23.4 Å². The molecule has 0 aromatic rings. The third-order valence-electron chi connectivity index (χ3n) is 8.71. The number of allylic oxidation sites excluding steroid dienone is 4. The predicted octanol–water partition coefficient (Wildman–Crippen LogP) is 4.38. The zero-order valence-electron chi connectivity index (χ0n) is 18.2. The number of nitrogens with two attached hydrogens (primary N) is 1. The van der Waals surface area contributed by atoms with Gasteiger partial charge in [0.2, 0.25) is 0 Å². The van der Waals surface area contributed by atoms with Crippen LogP contribution in [0.15, 0.2) is 23.3 Å². The molecule has 0 aromatic carbocycles. The molecule has 5 atom stereocenters. The lowest BCUT2D eigenvalue weighted by Gasteiger charge is -2.53. The minimum absolute atomic E-state index is 0.0634. The van der Waals surface area contributed by atoms with Crippen molar-refractivity contribution in [1.29, 1.82) is 0 Å². The van der Waals surface area contributed by atoms with E-state index >= 15 is 0 Å². The molecule has 160 valence electrons. The first-order chi connectivity index (χ1) is 13.9. The zero-order valence-corrected chi connectivity index (χ0v) is 18.2. The molecule has 0 aromatic heterocycles. The Balaban J connectivity index is 1.49. The van der Waals surface area contributed by atoms with Crippen molar-refractivity contribution < 1.29 is 14.3 Å². The average Bonchev–Trinajstić information content (AvgIpc) is 3.05. The van der Waals surface area contributed by atoms with Gasteiger partial charge >= 0.3 is 0 Å². The summed E-state index contributed by atoms with van der Waals surface area (Å²) in [6.45, 7) is 6.28. The Morgan fingerprint density at radius 1 is 1.21 bits per heavy atom. The van der Waals surface area contributed by atoms with Gasteiger partial charge in [0.25, 0.3) is 0 Å². The Morgan fingerprint density at radius 2 is 2.03 bits per heavy atom. The molecule has 2 N–H and O–H groups in total. The lowest BCUT2D eigenvalue weighted by Crippen LogP contribution is -2.45. The second-order valence-corrected chi connectivity index (χ2v) is 10.2. The van der Waals surface area contributed by atoms with Crippen LogP contribution in [0.3, 0.4) is 0 Å². The monoisotopic (exact) mass is 399 g/mol. The fourth-order valence-corrected chi connectivity index (χ4v) is 7.01. The van der Waals surface area contributed by atoms with Crippen molar-refractivity contribution >= 4 is 11.6 Å². The van der Waals surface area contributed by atoms with E-state index in [1.807, 2.05) is 6.08 Å². The molecule has 0 amide bonds. The number of Topliss-reactive ketones (excluding diaryl/α,β-unsaturated/α-hetero) is 1. The molecular formula is C25H37NO3. The lowest BCUT2D eigenvalue weighted by atomic mass is 9.51. The highest BCUT2D eigenvalue weighted by molar-refractivity contribution is 5.92. The third-order valence-corrected chi connectivity index (χ3v) is 8.71.